The molecule has 0 aliphatic heterocycles. The van der Waals surface area contributed by atoms with Crippen molar-refractivity contribution in [3.8, 4) is 11.8 Å². The van der Waals surface area contributed by atoms with Crippen LogP contribution in [-0.4, -0.2) is 19.2 Å². The summed E-state index contributed by atoms with van der Waals surface area (Å²) >= 11 is 0. The zero-order valence-electron chi connectivity index (χ0n) is 14.0. The average molecular weight is 323 g/mol. The van der Waals surface area contributed by atoms with Gasteiger partial charge in [-0.1, -0.05) is 43.7 Å². The zero-order valence-corrected chi connectivity index (χ0v) is 14.0. The molecule has 0 saturated heterocycles. The highest BCUT2D eigenvalue weighted by molar-refractivity contribution is 6.02. The number of carbonyl (C=O) groups is 1. The van der Waals surface area contributed by atoms with E-state index < -0.39 is 5.97 Å². The van der Waals surface area contributed by atoms with Crippen molar-refractivity contribution >= 4 is 22.8 Å². The second kappa shape index (κ2) is 8.73. The molecular formula is C20H21NO3. The Morgan fingerprint density at radius 3 is 2.71 bits per heavy atom. The maximum atomic E-state index is 12.1. The Bertz CT molecular complexity index is 787. The van der Waals surface area contributed by atoms with Gasteiger partial charge in [-0.05, 0) is 36.3 Å². The number of carbonyl (C=O) groups excluding carboxylic acids is 1. The van der Waals surface area contributed by atoms with Gasteiger partial charge in [0, 0.05) is 5.56 Å². The van der Waals surface area contributed by atoms with Crippen LogP contribution in [0.25, 0.3) is 16.8 Å². The number of benzene rings is 2. The minimum Gasteiger partial charge on any atom is -0.493 e. The molecule has 124 valence electrons. The largest absolute Gasteiger partial charge is 0.493 e. The molecule has 4 nitrogen and oxygen atoms in total. The van der Waals surface area contributed by atoms with Gasteiger partial charge in [0.25, 0.3) is 0 Å². The zero-order chi connectivity index (χ0) is 17.4. The van der Waals surface area contributed by atoms with Crippen molar-refractivity contribution in [3.63, 3.8) is 0 Å². The molecule has 24 heavy (non-hydrogen) atoms. The summed E-state index contributed by atoms with van der Waals surface area (Å²) in [5.41, 5.74) is 0.697. The SMILES string of the molecule is CCCCOC(=O)/C(C#N)=C/c1c(OCC)ccc2ccccc12. The first-order valence-electron chi connectivity index (χ1n) is 8.14. The Morgan fingerprint density at radius 2 is 2.00 bits per heavy atom. The topological polar surface area (TPSA) is 59.3 Å². The van der Waals surface area contributed by atoms with Crippen LogP contribution in [-0.2, 0) is 9.53 Å². The molecule has 0 radical (unpaired) electrons. The highest BCUT2D eigenvalue weighted by Crippen LogP contribution is 2.30. The van der Waals surface area contributed by atoms with Crippen LogP contribution in [0.4, 0.5) is 0 Å². The number of nitrogens with zero attached hydrogens (tertiary/aromatic N) is 1. The summed E-state index contributed by atoms with van der Waals surface area (Å²) in [7, 11) is 0. The number of unbranched alkanes of at least 4 members (excludes halogenated alkanes) is 1. The van der Waals surface area contributed by atoms with E-state index in [-0.39, 0.29) is 5.57 Å². The van der Waals surface area contributed by atoms with Gasteiger partial charge in [0.1, 0.15) is 17.4 Å². The van der Waals surface area contributed by atoms with Crippen LogP contribution in [0.15, 0.2) is 42.0 Å². The molecule has 0 N–H and O–H groups in total. The van der Waals surface area contributed by atoms with E-state index in [0.717, 1.165) is 29.2 Å². The first-order chi connectivity index (χ1) is 11.7. The van der Waals surface area contributed by atoms with Crippen molar-refractivity contribution in [3.05, 3.63) is 47.5 Å². The number of hydrogen-bond acceptors (Lipinski definition) is 4. The van der Waals surface area contributed by atoms with E-state index in [4.69, 9.17) is 9.47 Å². The van der Waals surface area contributed by atoms with E-state index in [9.17, 15) is 10.1 Å². The Labute approximate surface area is 142 Å². The lowest BCUT2D eigenvalue weighted by molar-refractivity contribution is -0.138. The quantitative estimate of drug-likeness (QED) is 0.326. The molecular weight excluding hydrogens is 302 g/mol. The number of rotatable bonds is 7. The van der Waals surface area contributed by atoms with Gasteiger partial charge in [0.2, 0.25) is 0 Å². The van der Waals surface area contributed by atoms with Crippen LogP contribution >= 0.6 is 0 Å². The minimum atomic E-state index is -0.596. The summed E-state index contributed by atoms with van der Waals surface area (Å²) < 4.78 is 10.8. The maximum Gasteiger partial charge on any atom is 0.348 e. The van der Waals surface area contributed by atoms with E-state index in [1.807, 2.05) is 56.3 Å². The van der Waals surface area contributed by atoms with E-state index in [0.29, 0.717) is 19.0 Å². The molecule has 0 amide bonds. The van der Waals surface area contributed by atoms with Crippen LogP contribution in [0.3, 0.4) is 0 Å². The third-order valence-electron chi connectivity index (χ3n) is 3.59. The summed E-state index contributed by atoms with van der Waals surface area (Å²) in [6.07, 6.45) is 3.27. The van der Waals surface area contributed by atoms with Crippen LogP contribution < -0.4 is 4.74 Å². The molecule has 2 rings (SSSR count). The first-order valence-corrected chi connectivity index (χ1v) is 8.14. The predicted molar refractivity (Wildman–Crippen MR) is 94.6 cm³/mol. The molecule has 0 aliphatic carbocycles. The third-order valence-corrected chi connectivity index (χ3v) is 3.59. The summed E-state index contributed by atoms with van der Waals surface area (Å²) in [6.45, 7) is 4.73. The van der Waals surface area contributed by atoms with Crippen LogP contribution in [0.1, 0.15) is 32.3 Å². The Hall–Kier alpha value is -2.80. The van der Waals surface area contributed by atoms with Crippen LogP contribution in [0, 0.1) is 11.3 Å². The lowest BCUT2D eigenvalue weighted by Crippen LogP contribution is -2.08. The highest BCUT2D eigenvalue weighted by Gasteiger charge is 2.14. The Balaban J connectivity index is 2.46. The van der Waals surface area contributed by atoms with Gasteiger partial charge in [-0.2, -0.15) is 5.26 Å². The number of ether oxygens (including phenoxy) is 2. The number of fused-ring (bicyclic) bond motifs is 1. The fourth-order valence-corrected chi connectivity index (χ4v) is 2.37. The molecule has 0 atom stereocenters. The number of nitriles is 1. The van der Waals surface area contributed by atoms with Gasteiger partial charge in [-0.15, -0.1) is 0 Å². The summed E-state index contributed by atoms with van der Waals surface area (Å²) in [6, 6.07) is 13.5. The van der Waals surface area contributed by atoms with Crippen molar-refractivity contribution in [2.75, 3.05) is 13.2 Å². The summed E-state index contributed by atoms with van der Waals surface area (Å²) in [5, 5.41) is 11.3. The van der Waals surface area contributed by atoms with Gasteiger partial charge in [-0.25, -0.2) is 4.79 Å². The van der Waals surface area contributed by atoms with Gasteiger partial charge >= 0.3 is 5.97 Å². The second-order valence-electron chi connectivity index (χ2n) is 5.29. The van der Waals surface area contributed by atoms with Crippen LogP contribution in [0.5, 0.6) is 5.75 Å². The molecule has 0 bridgehead atoms. The second-order valence-corrected chi connectivity index (χ2v) is 5.29. The number of hydrogen-bond donors (Lipinski definition) is 0. The third kappa shape index (κ3) is 4.14. The smallest absolute Gasteiger partial charge is 0.348 e. The van der Waals surface area contributed by atoms with Gasteiger partial charge < -0.3 is 9.47 Å². The molecule has 2 aromatic rings. The van der Waals surface area contributed by atoms with Crippen molar-refractivity contribution in [1.29, 1.82) is 5.26 Å². The highest BCUT2D eigenvalue weighted by atomic mass is 16.5. The van der Waals surface area contributed by atoms with Gasteiger partial charge in [0.05, 0.1) is 13.2 Å². The van der Waals surface area contributed by atoms with Crippen molar-refractivity contribution in [2.45, 2.75) is 26.7 Å². The number of esters is 1. The van der Waals surface area contributed by atoms with E-state index in [2.05, 4.69) is 0 Å². The first kappa shape index (κ1) is 17.6. The van der Waals surface area contributed by atoms with Gasteiger partial charge in [0.15, 0.2) is 0 Å². The predicted octanol–water partition coefficient (Wildman–Crippen LogP) is 4.49. The summed E-state index contributed by atoms with van der Waals surface area (Å²) in [4.78, 5) is 12.1. The fraction of sp³-hybridized carbons (Fsp3) is 0.300. The lowest BCUT2D eigenvalue weighted by atomic mass is 10.0. The Morgan fingerprint density at radius 1 is 1.21 bits per heavy atom. The van der Waals surface area contributed by atoms with E-state index in [1.54, 1.807) is 6.08 Å². The van der Waals surface area contributed by atoms with Crippen molar-refractivity contribution < 1.29 is 14.3 Å². The normalized spacial score (nSPS) is 11.1. The summed E-state index contributed by atoms with van der Waals surface area (Å²) in [5.74, 6) is 0.0478. The maximum absolute atomic E-state index is 12.1. The van der Waals surface area contributed by atoms with E-state index in [1.165, 1.54) is 0 Å². The van der Waals surface area contributed by atoms with Crippen LogP contribution in [0.2, 0.25) is 0 Å². The molecule has 0 spiro atoms. The molecule has 0 saturated carbocycles. The average Bonchev–Trinajstić information content (AvgIpc) is 2.61. The van der Waals surface area contributed by atoms with Crippen molar-refractivity contribution in [1.82, 2.24) is 0 Å². The fourth-order valence-electron chi connectivity index (χ4n) is 2.37. The molecule has 2 aromatic carbocycles. The Kier molecular flexibility index (Phi) is 6.39. The molecule has 0 aromatic heterocycles. The monoisotopic (exact) mass is 323 g/mol. The lowest BCUT2D eigenvalue weighted by Gasteiger charge is -2.11. The standard InChI is InChI=1S/C20H21NO3/c1-3-5-12-24-20(22)16(14-21)13-18-17-9-7-6-8-15(17)10-11-19(18)23-4-2/h6-11,13H,3-5,12H2,1-2H3/b16-13+. The van der Waals surface area contributed by atoms with E-state index >= 15 is 0 Å². The van der Waals surface area contributed by atoms with Gasteiger partial charge in [-0.3, -0.25) is 0 Å². The molecule has 0 fully saturated rings. The molecule has 0 aliphatic rings. The minimum absolute atomic E-state index is 0.0246. The molecule has 4 heteroatoms. The molecule has 0 unspecified atom stereocenters. The molecule has 0 heterocycles. The van der Waals surface area contributed by atoms with Crippen molar-refractivity contribution in [2.24, 2.45) is 0 Å².